The van der Waals surface area contributed by atoms with Crippen LogP contribution >= 0.6 is 45.3 Å². The molecule has 10 nitrogen and oxygen atoms in total. The number of hydrogen-bond donors (Lipinski definition) is 0. The Labute approximate surface area is 693 Å². The molecule has 18 heteroatoms. The molecule has 0 fully saturated rings. The van der Waals surface area contributed by atoms with E-state index in [-0.39, 0.29) is 44.5 Å². The normalized spacial score (nSPS) is 14.4. The van der Waals surface area contributed by atoms with Gasteiger partial charge in [-0.3, -0.25) is 9.59 Å². The molecule has 6 aromatic carbocycles. The van der Waals surface area contributed by atoms with Gasteiger partial charge in [0, 0.05) is 54.3 Å². The van der Waals surface area contributed by atoms with Crippen molar-refractivity contribution in [3.05, 3.63) is 256 Å². The molecule has 4 aliphatic rings. The van der Waals surface area contributed by atoms with E-state index in [1.54, 1.807) is 34.8 Å². The van der Waals surface area contributed by atoms with Crippen molar-refractivity contribution in [3.63, 3.8) is 0 Å². The summed E-state index contributed by atoms with van der Waals surface area (Å²) >= 11 is 6.22. The number of carbonyl (C=O) groups is 2. The van der Waals surface area contributed by atoms with Gasteiger partial charge in [0.05, 0.1) is 66.2 Å². The molecule has 0 bridgehead atoms. The number of allylic oxidation sites excluding steroid dienone is 6. The summed E-state index contributed by atoms with van der Waals surface area (Å²) in [4.78, 5) is 34.6. The second-order valence-corrected chi connectivity index (χ2v) is 34.7. The van der Waals surface area contributed by atoms with Crippen LogP contribution in [0.25, 0.3) is 52.2 Å². The molecule has 4 aliphatic carbocycles. The zero-order chi connectivity index (χ0) is 81.0. The van der Waals surface area contributed by atoms with Gasteiger partial charge in [-0.15, -0.1) is 45.3 Å². The number of unbranched alkanes of at least 4 members (excludes halogenated alkanes) is 20. The lowest BCUT2D eigenvalue weighted by Crippen LogP contribution is -2.28. The third kappa shape index (κ3) is 15.9. The van der Waals surface area contributed by atoms with Crippen molar-refractivity contribution in [1.82, 2.24) is 0 Å². The van der Waals surface area contributed by atoms with Crippen molar-refractivity contribution >= 4 is 89.6 Å². The number of Topliss-reactive ketones (excluding diaryl/α,β-unsaturated/α-hetero) is 2. The van der Waals surface area contributed by atoms with Crippen LogP contribution in [0.2, 0.25) is 0 Å². The highest BCUT2D eigenvalue weighted by atomic mass is 32.1. The van der Waals surface area contributed by atoms with Gasteiger partial charge < -0.3 is 18.9 Å². The monoisotopic (exact) mass is 1620 g/mol. The summed E-state index contributed by atoms with van der Waals surface area (Å²) in [5.74, 6) is -3.45. The van der Waals surface area contributed by atoms with E-state index in [1.807, 2.05) is 72.8 Å². The summed E-state index contributed by atoms with van der Waals surface area (Å²) in [5.41, 5.74) is 3.49. The molecule has 0 saturated heterocycles. The van der Waals surface area contributed by atoms with Crippen LogP contribution in [0, 0.1) is 68.6 Å². The summed E-state index contributed by atoms with van der Waals surface area (Å²) in [6.07, 6.45) is 29.7. The average Bonchev–Trinajstić information content (AvgIpc) is 1.48. The zero-order valence-electron chi connectivity index (χ0n) is 66.0. The van der Waals surface area contributed by atoms with Crippen molar-refractivity contribution in [1.29, 1.82) is 21.0 Å². The fourth-order valence-corrected chi connectivity index (χ4v) is 22.9. The van der Waals surface area contributed by atoms with Gasteiger partial charge in [-0.2, -0.15) is 21.0 Å². The average molecular weight is 1630 g/mol. The van der Waals surface area contributed by atoms with Crippen LogP contribution in [0.1, 0.15) is 268 Å². The Kier molecular flexibility index (Phi) is 26.3. The van der Waals surface area contributed by atoms with Crippen LogP contribution in [-0.4, -0.2) is 38.0 Å². The minimum atomic E-state index is -1.24. The molecule has 0 unspecified atom stereocenters. The fourth-order valence-electron chi connectivity index (χ4n) is 17.2. The second kappa shape index (κ2) is 37.2. The van der Waals surface area contributed by atoms with E-state index >= 15 is 17.6 Å². The predicted molar refractivity (Wildman–Crippen MR) is 459 cm³/mol. The lowest BCUT2D eigenvalue weighted by atomic mass is 9.67. The predicted octanol–water partition coefficient (Wildman–Crippen LogP) is 27.5. The van der Waals surface area contributed by atoms with E-state index in [1.165, 1.54) is 74.0 Å². The van der Waals surface area contributed by atoms with E-state index < -0.39 is 56.8 Å². The molecule has 0 atom stereocenters. The molecule has 592 valence electrons. The molecule has 14 rings (SSSR count). The van der Waals surface area contributed by atoms with Crippen LogP contribution in [-0.2, 0) is 10.8 Å². The molecule has 0 spiro atoms. The SMILES string of the molecule is CCCCCCCCOc1ccc(C2(c3ccc(OCCCCCCCC)cc3)c3cc(/C=C4\C(=O)c5cc(F)c(F)cc5C4=C(C#N)C#N)sc3-c3sc4c5c(sc4c32)-c2sc(/C=C3\C(=O)c4cc(F)c(F)cc4C3=C(C#N)C#N)cc2C5(c2ccc(OCCCCCCCC)cc2)c2ccc(OCCCCCCCC)cc2)cc1. The van der Waals surface area contributed by atoms with Gasteiger partial charge in [-0.25, -0.2) is 17.6 Å². The van der Waals surface area contributed by atoms with E-state index in [0.29, 0.717) is 59.2 Å². The molecule has 0 radical (unpaired) electrons. The summed E-state index contributed by atoms with van der Waals surface area (Å²) < 4.78 is 89.6. The van der Waals surface area contributed by atoms with Crippen molar-refractivity contribution < 1.29 is 46.1 Å². The van der Waals surface area contributed by atoms with Crippen LogP contribution < -0.4 is 18.9 Å². The highest BCUT2D eigenvalue weighted by molar-refractivity contribution is 7.34. The van der Waals surface area contributed by atoms with Gasteiger partial charge in [0.25, 0.3) is 0 Å². The smallest absolute Gasteiger partial charge is 0.194 e. The minimum absolute atomic E-state index is 0.0463. The summed E-state index contributed by atoms with van der Waals surface area (Å²) in [5, 5.41) is 42.1. The number of ketones is 2. The first-order valence-corrected chi connectivity index (χ1v) is 44.4. The lowest BCUT2D eigenvalue weighted by Gasteiger charge is -2.34. The van der Waals surface area contributed by atoms with Crippen molar-refractivity contribution in [2.75, 3.05) is 26.4 Å². The van der Waals surface area contributed by atoms with Gasteiger partial charge in [-0.05, 0) is 167 Å². The number of fused-ring (bicyclic) bond motifs is 11. The summed E-state index contributed by atoms with van der Waals surface area (Å²) in [7, 11) is 0. The Hall–Kier alpha value is -10.4. The lowest BCUT2D eigenvalue weighted by molar-refractivity contribution is 0.103. The Morgan fingerprint density at radius 1 is 0.345 bits per heavy atom. The number of thiophene rings is 4. The number of halogens is 4. The Balaban J connectivity index is 1.02. The maximum atomic E-state index is 15.4. The second-order valence-electron chi connectivity index (χ2n) is 30.5. The quantitative estimate of drug-likeness (QED) is 0.0157. The van der Waals surface area contributed by atoms with Gasteiger partial charge in [0.1, 0.15) is 58.4 Å². The molecular formula is C98H92F4N4O6S4. The van der Waals surface area contributed by atoms with Crippen LogP contribution in [0.3, 0.4) is 0 Å². The van der Waals surface area contributed by atoms with Crippen molar-refractivity contribution in [2.24, 2.45) is 0 Å². The van der Waals surface area contributed by atoms with Gasteiger partial charge in [0.2, 0.25) is 0 Å². The number of ether oxygens (including phenoxy) is 4. The number of rotatable bonds is 38. The first-order valence-electron chi connectivity index (χ1n) is 41.1. The molecule has 4 heterocycles. The largest absolute Gasteiger partial charge is 0.494 e. The minimum Gasteiger partial charge on any atom is -0.494 e. The summed E-state index contributed by atoms with van der Waals surface area (Å²) in [6, 6.07) is 48.7. The Bertz CT molecular complexity index is 5150. The Morgan fingerprint density at radius 2 is 0.603 bits per heavy atom. The van der Waals surface area contributed by atoms with Crippen molar-refractivity contribution in [3.8, 4) is 66.8 Å². The van der Waals surface area contributed by atoms with Gasteiger partial charge in [0.15, 0.2) is 34.8 Å². The molecule has 4 aromatic heterocycles. The molecule has 0 aliphatic heterocycles. The Morgan fingerprint density at radius 3 is 0.871 bits per heavy atom. The first kappa shape index (κ1) is 82.1. The first-order chi connectivity index (χ1) is 56.7. The van der Waals surface area contributed by atoms with E-state index in [0.717, 1.165) is 200 Å². The fraction of sp³-hybridized carbons (Fsp3) is 0.347. The molecule has 0 amide bonds. The van der Waals surface area contributed by atoms with E-state index in [4.69, 9.17) is 18.9 Å². The van der Waals surface area contributed by atoms with Crippen LogP contribution in [0.4, 0.5) is 17.6 Å². The number of hydrogen-bond acceptors (Lipinski definition) is 14. The third-order valence-corrected chi connectivity index (χ3v) is 27.9. The number of nitriles is 4. The molecular weight excluding hydrogens is 1530 g/mol. The number of nitrogens with zero attached hydrogens (tertiary/aromatic N) is 4. The third-order valence-electron chi connectivity index (χ3n) is 22.9. The molecule has 10 aromatic rings. The standard InChI is InChI=1S/C98H92F4N4O6S4/c1-5-9-13-17-21-25-45-109-67-37-29-63(30-38-67)97(64-31-39-68(40-32-64)110-46-26-22-18-14-10-6-2)79-51-71(49-77-85(61(57-103)58-104)73-53-81(99)83(101)55-75(73)89(77)107)113-91(79)93-87(97)95-96(115-93)88-94(116-95)92-80(52-72(114-92)50-78-86(62(59-105)60-106)74-54-82(100)84(102)56-76(74)90(78)108)98(88,65-33-41-69(42-34-65)111-47-27-23-19-15-11-7-3)66-35-43-70(44-36-66)112-48-28-24-20-16-12-8-4/h29-44,49-56H,5-28,45-48H2,1-4H3/b77-49-,78-50-. The molecule has 116 heavy (non-hydrogen) atoms. The van der Waals surface area contributed by atoms with Crippen LogP contribution in [0.5, 0.6) is 23.0 Å². The van der Waals surface area contributed by atoms with E-state index in [9.17, 15) is 30.6 Å². The summed E-state index contributed by atoms with van der Waals surface area (Å²) in [6.45, 7) is 11.0. The molecule has 0 saturated carbocycles. The van der Waals surface area contributed by atoms with Gasteiger partial charge >= 0.3 is 0 Å². The number of benzene rings is 6. The van der Waals surface area contributed by atoms with Gasteiger partial charge in [-0.1, -0.05) is 205 Å². The maximum Gasteiger partial charge on any atom is 0.194 e. The van der Waals surface area contributed by atoms with E-state index in [2.05, 4.69) is 88.4 Å². The zero-order valence-corrected chi connectivity index (χ0v) is 69.3. The highest BCUT2D eigenvalue weighted by Crippen LogP contribution is 2.70. The number of carbonyl (C=O) groups excluding carboxylic acids is 2. The highest BCUT2D eigenvalue weighted by Gasteiger charge is 2.55. The maximum absolute atomic E-state index is 15.4. The van der Waals surface area contributed by atoms with Crippen molar-refractivity contribution in [2.45, 2.75) is 193 Å². The topological polar surface area (TPSA) is 166 Å². The van der Waals surface area contributed by atoms with Crippen LogP contribution in [0.15, 0.2) is 156 Å². The molecule has 0 N–H and O–H groups in total.